The molecule has 0 unspecified atom stereocenters. The molecule has 156 valence electrons. The van der Waals surface area contributed by atoms with Gasteiger partial charge in [-0.2, -0.15) is 0 Å². The van der Waals surface area contributed by atoms with Crippen molar-refractivity contribution in [2.24, 2.45) is 0 Å². The molecule has 29 heavy (non-hydrogen) atoms. The summed E-state index contributed by atoms with van der Waals surface area (Å²) in [6.45, 7) is 5.99. The summed E-state index contributed by atoms with van der Waals surface area (Å²) in [4.78, 5) is 27.5. The molecule has 0 saturated heterocycles. The highest BCUT2D eigenvalue weighted by Crippen LogP contribution is 2.26. The van der Waals surface area contributed by atoms with Crippen LogP contribution in [0.3, 0.4) is 0 Å². The monoisotopic (exact) mass is 498 g/mol. The number of hydrogen-bond acceptors (Lipinski definition) is 2. The first-order chi connectivity index (χ1) is 13.7. The van der Waals surface area contributed by atoms with Gasteiger partial charge in [-0.25, -0.2) is 0 Å². The molecular weight excluding hydrogens is 475 g/mol. The molecular formula is C22H25BrCl2N2O2. The standard InChI is InChI=1S/C22H25BrCl2N2O2/c1-4-14(2)26-22(29)15(3)27(13-16-8-10-17(23)11-9-16)21(28)12-18-19(24)6-5-7-20(18)25/h5-11,14-15H,4,12-13H2,1-3H3,(H,26,29)/t14-,15+/m1/s1. The lowest BCUT2D eigenvalue weighted by atomic mass is 10.1. The molecule has 0 bridgehead atoms. The smallest absolute Gasteiger partial charge is 0.242 e. The van der Waals surface area contributed by atoms with Gasteiger partial charge in [0.05, 0.1) is 6.42 Å². The summed E-state index contributed by atoms with van der Waals surface area (Å²) >= 11 is 15.9. The van der Waals surface area contributed by atoms with Crippen LogP contribution in [0.2, 0.25) is 10.0 Å². The topological polar surface area (TPSA) is 49.4 Å². The SMILES string of the molecule is CC[C@@H](C)NC(=O)[C@H](C)N(Cc1ccc(Br)cc1)C(=O)Cc1c(Cl)cccc1Cl. The van der Waals surface area contributed by atoms with E-state index in [1.807, 2.05) is 38.1 Å². The molecule has 0 fully saturated rings. The molecule has 2 atom stereocenters. The highest BCUT2D eigenvalue weighted by molar-refractivity contribution is 9.10. The zero-order chi connectivity index (χ0) is 21.6. The predicted octanol–water partition coefficient (Wildman–Crippen LogP) is 5.63. The Morgan fingerprint density at radius 1 is 1.07 bits per heavy atom. The van der Waals surface area contributed by atoms with E-state index in [1.54, 1.807) is 30.0 Å². The van der Waals surface area contributed by atoms with Crippen molar-refractivity contribution < 1.29 is 9.59 Å². The number of nitrogens with one attached hydrogen (secondary N) is 1. The van der Waals surface area contributed by atoms with E-state index in [1.165, 1.54) is 0 Å². The molecule has 2 aromatic rings. The first kappa shape index (κ1) is 23.7. The van der Waals surface area contributed by atoms with Gasteiger partial charge in [0.1, 0.15) is 6.04 Å². The summed E-state index contributed by atoms with van der Waals surface area (Å²) in [6.07, 6.45) is 0.838. The van der Waals surface area contributed by atoms with Crippen LogP contribution in [-0.2, 0) is 22.6 Å². The summed E-state index contributed by atoms with van der Waals surface area (Å²) in [5.41, 5.74) is 1.49. The Balaban J connectivity index is 2.28. The Hall–Kier alpha value is -1.56. The van der Waals surface area contributed by atoms with Gasteiger partial charge in [-0.15, -0.1) is 0 Å². The molecule has 0 heterocycles. The van der Waals surface area contributed by atoms with Crippen LogP contribution in [0.25, 0.3) is 0 Å². The zero-order valence-corrected chi connectivity index (χ0v) is 19.8. The van der Waals surface area contributed by atoms with Crippen LogP contribution < -0.4 is 5.32 Å². The molecule has 7 heteroatoms. The number of halogens is 3. The van der Waals surface area contributed by atoms with E-state index >= 15 is 0 Å². The molecule has 0 aromatic heterocycles. The van der Waals surface area contributed by atoms with E-state index in [-0.39, 0.29) is 24.3 Å². The van der Waals surface area contributed by atoms with Crippen molar-refractivity contribution in [1.82, 2.24) is 10.2 Å². The summed E-state index contributed by atoms with van der Waals surface area (Å²) in [5.74, 6) is -0.398. The Bertz CT molecular complexity index is 838. The maximum atomic E-state index is 13.2. The van der Waals surface area contributed by atoms with Gasteiger partial charge >= 0.3 is 0 Å². The number of rotatable bonds is 8. The highest BCUT2D eigenvalue weighted by atomic mass is 79.9. The highest BCUT2D eigenvalue weighted by Gasteiger charge is 2.27. The third-order valence-electron chi connectivity index (χ3n) is 4.82. The zero-order valence-electron chi connectivity index (χ0n) is 16.7. The lowest BCUT2D eigenvalue weighted by Crippen LogP contribution is -2.49. The molecule has 2 amide bonds. The lowest BCUT2D eigenvalue weighted by Gasteiger charge is -2.30. The van der Waals surface area contributed by atoms with Gasteiger partial charge in [0.25, 0.3) is 0 Å². The second kappa shape index (κ2) is 11.0. The average Bonchev–Trinajstić information content (AvgIpc) is 2.69. The van der Waals surface area contributed by atoms with E-state index in [2.05, 4.69) is 21.2 Å². The third kappa shape index (κ3) is 6.73. The maximum absolute atomic E-state index is 13.2. The molecule has 0 aliphatic carbocycles. The summed E-state index contributed by atoms with van der Waals surface area (Å²) in [7, 11) is 0. The van der Waals surface area contributed by atoms with Crippen LogP contribution in [0.4, 0.5) is 0 Å². The van der Waals surface area contributed by atoms with Gasteiger partial charge < -0.3 is 10.2 Å². The van der Waals surface area contributed by atoms with Gasteiger partial charge in [-0.1, -0.05) is 64.3 Å². The van der Waals surface area contributed by atoms with Gasteiger partial charge in [0, 0.05) is 27.1 Å². The lowest BCUT2D eigenvalue weighted by molar-refractivity contribution is -0.140. The van der Waals surface area contributed by atoms with Gasteiger partial charge in [-0.3, -0.25) is 9.59 Å². The Kier molecular flexibility index (Phi) is 9.00. The third-order valence-corrected chi connectivity index (χ3v) is 6.06. The molecule has 1 N–H and O–H groups in total. The van der Waals surface area contributed by atoms with Crippen molar-refractivity contribution in [2.75, 3.05) is 0 Å². The summed E-state index contributed by atoms with van der Waals surface area (Å²) in [6, 6.07) is 12.2. The quantitative estimate of drug-likeness (QED) is 0.511. The molecule has 2 aromatic carbocycles. The number of carbonyl (C=O) groups excluding carboxylic acids is 2. The molecule has 2 rings (SSSR count). The number of carbonyl (C=O) groups is 2. The summed E-state index contributed by atoms with van der Waals surface area (Å²) < 4.78 is 0.949. The van der Waals surface area contributed by atoms with Gasteiger partial charge in [-0.05, 0) is 55.7 Å². The van der Waals surface area contributed by atoms with Crippen LogP contribution in [0.15, 0.2) is 46.9 Å². The van der Waals surface area contributed by atoms with Crippen molar-refractivity contribution in [2.45, 2.75) is 52.2 Å². The predicted molar refractivity (Wildman–Crippen MR) is 122 cm³/mol. The Labute approximate surface area is 190 Å². The number of nitrogens with zero attached hydrogens (tertiary/aromatic N) is 1. The van der Waals surface area contributed by atoms with Crippen molar-refractivity contribution in [3.05, 3.63) is 68.1 Å². The van der Waals surface area contributed by atoms with Crippen LogP contribution >= 0.6 is 39.1 Å². The van der Waals surface area contributed by atoms with Crippen molar-refractivity contribution >= 4 is 50.9 Å². The van der Waals surface area contributed by atoms with Gasteiger partial charge in [0.15, 0.2) is 0 Å². The molecule has 0 radical (unpaired) electrons. The first-order valence-electron chi connectivity index (χ1n) is 9.50. The van der Waals surface area contributed by atoms with E-state index in [4.69, 9.17) is 23.2 Å². The van der Waals surface area contributed by atoms with E-state index in [9.17, 15) is 9.59 Å². The number of amides is 2. The fourth-order valence-electron chi connectivity index (χ4n) is 2.79. The van der Waals surface area contributed by atoms with E-state index in [0.29, 0.717) is 22.2 Å². The van der Waals surface area contributed by atoms with Crippen LogP contribution in [0.1, 0.15) is 38.3 Å². The minimum absolute atomic E-state index is 0.0238. The Morgan fingerprint density at radius 2 is 1.66 bits per heavy atom. The molecule has 4 nitrogen and oxygen atoms in total. The number of hydrogen-bond donors (Lipinski definition) is 1. The van der Waals surface area contributed by atoms with Gasteiger partial charge in [0.2, 0.25) is 11.8 Å². The fourth-order valence-corrected chi connectivity index (χ4v) is 3.58. The average molecular weight is 500 g/mol. The fraction of sp³-hybridized carbons (Fsp3) is 0.364. The van der Waals surface area contributed by atoms with Crippen molar-refractivity contribution in [3.8, 4) is 0 Å². The van der Waals surface area contributed by atoms with Crippen molar-refractivity contribution in [1.29, 1.82) is 0 Å². The largest absolute Gasteiger partial charge is 0.352 e. The van der Waals surface area contributed by atoms with Crippen LogP contribution in [-0.4, -0.2) is 28.8 Å². The first-order valence-corrected chi connectivity index (χ1v) is 11.0. The van der Waals surface area contributed by atoms with E-state index in [0.717, 1.165) is 16.5 Å². The molecule has 0 spiro atoms. The van der Waals surface area contributed by atoms with Crippen LogP contribution in [0, 0.1) is 0 Å². The molecule has 0 saturated carbocycles. The minimum atomic E-state index is -0.638. The van der Waals surface area contributed by atoms with Crippen LogP contribution in [0.5, 0.6) is 0 Å². The molecule has 0 aliphatic rings. The summed E-state index contributed by atoms with van der Waals surface area (Å²) in [5, 5.41) is 3.83. The normalized spacial score (nSPS) is 12.9. The minimum Gasteiger partial charge on any atom is -0.352 e. The Morgan fingerprint density at radius 3 is 2.21 bits per heavy atom. The van der Waals surface area contributed by atoms with Crippen molar-refractivity contribution in [3.63, 3.8) is 0 Å². The molecule has 0 aliphatic heterocycles. The number of benzene rings is 2. The van der Waals surface area contributed by atoms with E-state index < -0.39 is 6.04 Å². The maximum Gasteiger partial charge on any atom is 0.242 e. The second-order valence-corrected chi connectivity index (χ2v) is 8.75. The second-order valence-electron chi connectivity index (χ2n) is 7.02.